The van der Waals surface area contributed by atoms with Crippen LogP contribution in [0.3, 0.4) is 0 Å². The summed E-state index contributed by atoms with van der Waals surface area (Å²) in [5.41, 5.74) is 0.622. The zero-order valence-electron chi connectivity index (χ0n) is 26.9. The van der Waals surface area contributed by atoms with E-state index in [0.29, 0.717) is 31.3 Å². The molecule has 0 radical (unpaired) electrons. The van der Waals surface area contributed by atoms with Crippen molar-refractivity contribution in [2.75, 3.05) is 0 Å². The Morgan fingerprint density at radius 3 is 1.93 bits per heavy atom. The Hall–Kier alpha value is -0.990. The molecule has 0 aliphatic carbocycles. The number of aliphatic hydroxyl groups excluding tert-OH is 4. The van der Waals surface area contributed by atoms with Gasteiger partial charge < -0.3 is 29.9 Å². The number of unbranched alkanes of at least 4 members (excludes halogenated alkanes) is 13. The Kier molecular flexibility index (Phi) is 19.9. The minimum Gasteiger partial charge on any atom is -0.455 e. The Bertz CT molecular complexity index is 726. The summed E-state index contributed by atoms with van der Waals surface area (Å²) < 4.78 is 11.2. The molecule has 0 spiro atoms. The lowest BCUT2D eigenvalue weighted by Crippen LogP contribution is -2.31. The summed E-state index contributed by atoms with van der Waals surface area (Å²) in [4.78, 5) is 11.6. The number of carbonyl (C=O) groups is 1. The molecule has 0 aromatic heterocycles. The molecule has 246 valence electrons. The van der Waals surface area contributed by atoms with Crippen molar-refractivity contribution in [2.24, 2.45) is 0 Å². The average molecular weight is 597 g/mol. The standard InChI is InChI=1S/C35H64O7/c1-3-4-5-12-17-20-31(37)32(38)22-23-33(39)34-24-21-30(42-34)19-16-14-11-9-7-6-8-10-13-15-18-29(36)26-28-25-27(2)41-35(28)40/h25,27,29-34,36-39H,3-24,26H2,1-2H3/t27-,29+,30+,31+,32-,33-,34+/m0/s1. The smallest absolute Gasteiger partial charge is 0.334 e. The fourth-order valence-corrected chi connectivity index (χ4v) is 6.40. The van der Waals surface area contributed by atoms with Crippen LogP contribution in [0.25, 0.3) is 0 Å². The molecule has 2 aliphatic heterocycles. The third-order valence-electron chi connectivity index (χ3n) is 9.14. The van der Waals surface area contributed by atoms with E-state index in [9.17, 15) is 25.2 Å². The van der Waals surface area contributed by atoms with Gasteiger partial charge in [-0.05, 0) is 57.9 Å². The van der Waals surface area contributed by atoms with Crippen LogP contribution in [0.2, 0.25) is 0 Å². The zero-order chi connectivity index (χ0) is 30.6. The molecule has 0 aromatic rings. The molecule has 42 heavy (non-hydrogen) atoms. The number of rotatable bonds is 26. The third-order valence-corrected chi connectivity index (χ3v) is 9.14. The van der Waals surface area contributed by atoms with Crippen molar-refractivity contribution < 1.29 is 34.7 Å². The number of ether oxygens (including phenoxy) is 2. The average Bonchev–Trinajstić information content (AvgIpc) is 3.57. The first-order chi connectivity index (χ1) is 20.3. The van der Waals surface area contributed by atoms with Gasteiger partial charge in [-0.25, -0.2) is 4.79 Å². The van der Waals surface area contributed by atoms with Gasteiger partial charge in [0.2, 0.25) is 0 Å². The first-order valence-electron chi connectivity index (χ1n) is 17.6. The van der Waals surface area contributed by atoms with Crippen LogP contribution in [0.1, 0.15) is 162 Å². The van der Waals surface area contributed by atoms with Gasteiger partial charge in [0.15, 0.2) is 0 Å². The van der Waals surface area contributed by atoms with E-state index in [-0.39, 0.29) is 24.3 Å². The number of hydrogen-bond acceptors (Lipinski definition) is 7. The van der Waals surface area contributed by atoms with Crippen molar-refractivity contribution in [3.05, 3.63) is 11.6 Å². The molecule has 0 saturated carbocycles. The summed E-state index contributed by atoms with van der Waals surface area (Å²) in [6, 6.07) is 0. The van der Waals surface area contributed by atoms with Gasteiger partial charge in [0.1, 0.15) is 6.10 Å². The molecular weight excluding hydrogens is 532 g/mol. The summed E-state index contributed by atoms with van der Waals surface area (Å²) in [6.07, 6.45) is 22.7. The third kappa shape index (κ3) is 16.2. The first-order valence-corrected chi connectivity index (χ1v) is 17.6. The SMILES string of the molecule is CCCCCCC[C@@H](O)[C@@H](O)CC[C@H](O)[C@H]1CC[C@@H](CCCCCCCCCCCC[C@@H](O)CC2=C[C@H](C)OC2=O)O1. The van der Waals surface area contributed by atoms with Gasteiger partial charge in [-0.2, -0.15) is 0 Å². The molecule has 2 rings (SSSR count). The Morgan fingerprint density at radius 2 is 1.31 bits per heavy atom. The van der Waals surface area contributed by atoms with E-state index in [0.717, 1.165) is 51.4 Å². The van der Waals surface area contributed by atoms with Crippen LogP contribution >= 0.6 is 0 Å². The number of hydrogen-bond donors (Lipinski definition) is 4. The van der Waals surface area contributed by atoms with Gasteiger partial charge in [-0.1, -0.05) is 103 Å². The second kappa shape index (κ2) is 22.5. The van der Waals surface area contributed by atoms with Crippen LogP contribution in [-0.4, -0.2) is 69.1 Å². The molecule has 7 heteroatoms. The van der Waals surface area contributed by atoms with E-state index in [2.05, 4.69) is 6.92 Å². The van der Waals surface area contributed by atoms with E-state index < -0.39 is 24.4 Å². The summed E-state index contributed by atoms with van der Waals surface area (Å²) >= 11 is 0. The normalized spacial score (nSPS) is 23.5. The minimum absolute atomic E-state index is 0.135. The van der Waals surface area contributed by atoms with Gasteiger partial charge in [-0.15, -0.1) is 0 Å². The van der Waals surface area contributed by atoms with E-state index in [1.807, 2.05) is 13.0 Å². The lowest BCUT2D eigenvalue weighted by atomic mass is 9.98. The van der Waals surface area contributed by atoms with Crippen molar-refractivity contribution in [1.29, 1.82) is 0 Å². The topological polar surface area (TPSA) is 116 Å². The quantitative estimate of drug-likeness (QED) is 0.0624. The van der Waals surface area contributed by atoms with Crippen LogP contribution in [0.5, 0.6) is 0 Å². The predicted molar refractivity (Wildman–Crippen MR) is 168 cm³/mol. The predicted octanol–water partition coefficient (Wildman–Crippen LogP) is 7.06. The van der Waals surface area contributed by atoms with Crippen molar-refractivity contribution in [1.82, 2.24) is 0 Å². The molecule has 0 unspecified atom stereocenters. The molecule has 7 nitrogen and oxygen atoms in total. The molecular formula is C35H64O7. The van der Waals surface area contributed by atoms with E-state index >= 15 is 0 Å². The molecule has 2 aliphatic rings. The molecule has 0 bridgehead atoms. The van der Waals surface area contributed by atoms with Crippen LogP contribution in [0.15, 0.2) is 11.6 Å². The largest absolute Gasteiger partial charge is 0.455 e. The molecule has 0 amide bonds. The fourth-order valence-electron chi connectivity index (χ4n) is 6.40. The highest BCUT2D eigenvalue weighted by atomic mass is 16.5. The highest BCUT2D eigenvalue weighted by Gasteiger charge is 2.31. The Morgan fingerprint density at radius 1 is 0.738 bits per heavy atom. The second-order valence-corrected chi connectivity index (χ2v) is 13.1. The molecule has 7 atom stereocenters. The Labute approximate surface area is 256 Å². The van der Waals surface area contributed by atoms with Gasteiger partial charge in [-0.3, -0.25) is 0 Å². The van der Waals surface area contributed by atoms with Gasteiger partial charge in [0.05, 0.1) is 36.6 Å². The van der Waals surface area contributed by atoms with Gasteiger partial charge in [0, 0.05) is 12.0 Å². The van der Waals surface area contributed by atoms with Crippen LogP contribution < -0.4 is 0 Å². The molecule has 0 aromatic carbocycles. The van der Waals surface area contributed by atoms with Crippen molar-refractivity contribution >= 4 is 5.97 Å². The summed E-state index contributed by atoms with van der Waals surface area (Å²) in [5.74, 6) is -0.276. The van der Waals surface area contributed by atoms with Crippen molar-refractivity contribution in [2.45, 2.75) is 204 Å². The van der Waals surface area contributed by atoms with Crippen molar-refractivity contribution in [3.8, 4) is 0 Å². The van der Waals surface area contributed by atoms with Crippen LogP contribution in [-0.2, 0) is 14.3 Å². The minimum atomic E-state index is -0.763. The summed E-state index contributed by atoms with van der Waals surface area (Å²) in [5, 5.41) is 41.2. The second-order valence-electron chi connectivity index (χ2n) is 13.1. The van der Waals surface area contributed by atoms with Gasteiger partial charge in [0.25, 0.3) is 0 Å². The molecule has 2 heterocycles. The van der Waals surface area contributed by atoms with Crippen LogP contribution in [0.4, 0.5) is 0 Å². The number of aliphatic hydroxyl groups is 4. The number of esters is 1. The maximum absolute atomic E-state index is 11.6. The maximum Gasteiger partial charge on any atom is 0.334 e. The molecule has 1 saturated heterocycles. The van der Waals surface area contributed by atoms with E-state index in [1.165, 1.54) is 70.6 Å². The highest BCUT2D eigenvalue weighted by Crippen LogP contribution is 2.28. The zero-order valence-corrected chi connectivity index (χ0v) is 26.9. The van der Waals surface area contributed by atoms with Gasteiger partial charge >= 0.3 is 5.97 Å². The summed E-state index contributed by atoms with van der Waals surface area (Å²) in [6.45, 7) is 4.03. The Balaban J connectivity index is 1.37. The molecule has 1 fully saturated rings. The van der Waals surface area contributed by atoms with E-state index in [4.69, 9.17) is 9.47 Å². The fraction of sp³-hybridized carbons (Fsp3) is 0.914. The van der Waals surface area contributed by atoms with Crippen LogP contribution in [0, 0.1) is 0 Å². The molecule has 4 N–H and O–H groups in total. The number of carbonyl (C=O) groups excluding carboxylic acids is 1. The van der Waals surface area contributed by atoms with Crippen molar-refractivity contribution in [3.63, 3.8) is 0 Å². The monoisotopic (exact) mass is 596 g/mol. The van der Waals surface area contributed by atoms with E-state index in [1.54, 1.807) is 0 Å². The first kappa shape index (κ1) is 37.2. The number of cyclic esters (lactones) is 1. The lowest BCUT2D eigenvalue weighted by molar-refractivity contribution is -0.139. The highest BCUT2D eigenvalue weighted by molar-refractivity contribution is 5.90. The summed E-state index contributed by atoms with van der Waals surface area (Å²) in [7, 11) is 0. The maximum atomic E-state index is 11.6. The lowest BCUT2D eigenvalue weighted by Gasteiger charge is -2.22.